The number of rotatable bonds is 4. The molecule has 2 unspecified atom stereocenters. The van der Waals surface area contributed by atoms with E-state index in [0.29, 0.717) is 23.4 Å². The normalized spacial score (nSPS) is 38.9. The quantitative estimate of drug-likeness (QED) is 0.649. The fraction of sp³-hybridized carbons (Fsp3) is 0.667. The summed E-state index contributed by atoms with van der Waals surface area (Å²) in [5.74, 6) is 4.50. The predicted molar refractivity (Wildman–Crippen MR) is 137 cm³/mol. The molecule has 0 N–H and O–H groups in total. The van der Waals surface area contributed by atoms with E-state index in [1.54, 1.807) is 11.1 Å². The van der Waals surface area contributed by atoms with Crippen molar-refractivity contribution in [1.82, 2.24) is 14.9 Å². The van der Waals surface area contributed by atoms with Gasteiger partial charge < -0.3 is 9.64 Å². The van der Waals surface area contributed by atoms with E-state index in [-0.39, 0.29) is 5.41 Å². The van der Waals surface area contributed by atoms with Crippen LogP contribution in [0, 0.1) is 37.0 Å². The summed E-state index contributed by atoms with van der Waals surface area (Å²) in [5.41, 5.74) is 6.00. The van der Waals surface area contributed by atoms with Gasteiger partial charge in [0.1, 0.15) is 5.75 Å². The number of methoxy groups -OCH3 is 1. The van der Waals surface area contributed by atoms with Crippen LogP contribution in [-0.4, -0.2) is 53.7 Å². The lowest BCUT2D eigenvalue weighted by atomic mass is 9.43. The SMILES string of the molecule is COc1cccc2c1[C@]13CCN(CC4CC4)[C@H](C2)[C@]12CCC1C3[C@@H](CN1c1nc(C)cc(C)n1)C2. The van der Waals surface area contributed by atoms with Gasteiger partial charge >= 0.3 is 0 Å². The topological polar surface area (TPSA) is 41.5 Å². The third-order valence-electron chi connectivity index (χ3n) is 11.2. The van der Waals surface area contributed by atoms with Crippen LogP contribution < -0.4 is 9.64 Å². The highest BCUT2D eigenvalue weighted by Crippen LogP contribution is 2.76. The van der Waals surface area contributed by atoms with E-state index >= 15 is 0 Å². The maximum atomic E-state index is 6.15. The van der Waals surface area contributed by atoms with Gasteiger partial charge in [-0.1, -0.05) is 12.1 Å². The van der Waals surface area contributed by atoms with Crippen LogP contribution in [0.3, 0.4) is 0 Å². The van der Waals surface area contributed by atoms with E-state index in [4.69, 9.17) is 14.7 Å². The molecule has 2 aliphatic heterocycles. The molecular formula is C30H38N4O. The summed E-state index contributed by atoms with van der Waals surface area (Å²) in [4.78, 5) is 15.5. The van der Waals surface area contributed by atoms with Crippen molar-refractivity contribution < 1.29 is 4.74 Å². The molecule has 2 aromatic rings. The van der Waals surface area contributed by atoms with Gasteiger partial charge in [0, 0.05) is 47.5 Å². The highest BCUT2D eigenvalue weighted by Gasteiger charge is 2.76. The number of ether oxygens (including phenoxy) is 1. The van der Waals surface area contributed by atoms with Crippen LogP contribution in [0.2, 0.25) is 0 Å². The molecule has 0 spiro atoms. The highest BCUT2D eigenvalue weighted by atomic mass is 16.5. The summed E-state index contributed by atoms with van der Waals surface area (Å²) < 4.78 is 6.15. The third-order valence-corrected chi connectivity index (χ3v) is 11.2. The number of likely N-dealkylation sites (tertiary alicyclic amines) is 1. The molecule has 6 aliphatic rings. The van der Waals surface area contributed by atoms with Crippen LogP contribution in [0.1, 0.15) is 61.0 Å². The number of hydrogen-bond acceptors (Lipinski definition) is 5. The minimum absolute atomic E-state index is 0.235. The summed E-state index contributed by atoms with van der Waals surface area (Å²) >= 11 is 0. The lowest BCUT2D eigenvalue weighted by molar-refractivity contribution is -0.0929. The number of benzene rings is 1. The smallest absolute Gasteiger partial charge is 0.226 e. The Morgan fingerprint density at radius 2 is 1.91 bits per heavy atom. The molecule has 8 rings (SSSR count). The molecule has 3 heterocycles. The monoisotopic (exact) mass is 470 g/mol. The minimum Gasteiger partial charge on any atom is -0.496 e. The van der Waals surface area contributed by atoms with Crippen LogP contribution in [-0.2, 0) is 11.8 Å². The Kier molecular flexibility index (Phi) is 4.20. The first-order valence-corrected chi connectivity index (χ1v) is 14.0. The van der Waals surface area contributed by atoms with Crippen molar-refractivity contribution in [1.29, 1.82) is 0 Å². The number of nitrogens with zero attached hydrogens (tertiary/aromatic N) is 4. The van der Waals surface area contributed by atoms with Crippen molar-refractivity contribution >= 4 is 5.95 Å². The van der Waals surface area contributed by atoms with E-state index in [2.05, 4.69) is 47.9 Å². The molecule has 5 nitrogen and oxygen atoms in total. The van der Waals surface area contributed by atoms with Crippen molar-refractivity contribution in [3.8, 4) is 5.75 Å². The minimum atomic E-state index is 0.235. The Morgan fingerprint density at radius 1 is 1.09 bits per heavy atom. The highest BCUT2D eigenvalue weighted by molar-refractivity contribution is 5.56. The zero-order valence-electron chi connectivity index (χ0n) is 21.5. The van der Waals surface area contributed by atoms with Gasteiger partial charge in [-0.05, 0) is 106 Å². The Bertz CT molecular complexity index is 1190. The number of hydrogen-bond donors (Lipinski definition) is 0. The van der Waals surface area contributed by atoms with Crippen LogP contribution >= 0.6 is 0 Å². The van der Waals surface area contributed by atoms with Crippen LogP contribution in [0.4, 0.5) is 5.95 Å². The molecule has 5 heteroatoms. The van der Waals surface area contributed by atoms with Crippen LogP contribution in [0.15, 0.2) is 24.3 Å². The Balaban J connectivity index is 1.29. The summed E-state index contributed by atoms with van der Waals surface area (Å²) in [6.07, 6.45) is 9.41. The lowest BCUT2D eigenvalue weighted by Gasteiger charge is -2.66. The van der Waals surface area contributed by atoms with Gasteiger partial charge in [0.05, 0.1) is 7.11 Å². The standard InChI is InChI=1S/C30H38N4O/c1-18-13-19(2)32-28(31-18)34-17-22-15-29-10-9-23(34)26(22)30(29)11-12-33(16-20-7-8-20)25(29)14-21-5-4-6-24(35-3)27(21)30/h4-6,13,20,22-23,25-26H,7-12,14-17H2,1-3H3/t22-,23?,25-,26?,29-,30-/m1/s1. The Hall–Kier alpha value is -2.14. The maximum Gasteiger partial charge on any atom is 0.226 e. The van der Waals surface area contributed by atoms with Crippen molar-refractivity contribution in [2.75, 3.05) is 31.6 Å². The lowest BCUT2D eigenvalue weighted by Crippen LogP contribution is -2.70. The first-order valence-electron chi connectivity index (χ1n) is 14.0. The number of aromatic nitrogens is 2. The molecule has 4 bridgehead atoms. The molecule has 3 saturated carbocycles. The zero-order valence-corrected chi connectivity index (χ0v) is 21.5. The second kappa shape index (κ2) is 7.00. The van der Waals surface area contributed by atoms with Gasteiger partial charge in [-0.15, -0.1) is 0 Å². The molecule has 184 valence electrons. The summed E-state index contributed by atoms with van der Waals surface area (Å²) in [6, 6.07) is 10.3. The fourth-order valence-corrected chi connectivity index (χ4v) is 10.2. The van der Waals surface area contributed by atoms with Crippen LogP contribution in [0.5, 0.6) is 5.75 Å². The summed E-state index contributed by atoms with van der Waals surface area (Å²) in [7, 11) is 1.89. The molecular weight excluding hydrogens is 432 g/mol. The number of aryl methyl sites for hydroxylation is 2. The van der Waals surface area contributed by atoms with Gasteiger partial charge in [0.2, 0.25) is 5.95 Å². The van der Waals surface area contributed by atoms with Gasteiger partial charge in [-0.25, -0.2) is 9.97 Å². The molecule has 35 heavy (non-hydrogen) atoms. The predicted octanol–water partition coefficient (Wildman–Crippen LogP) is 4.69. The molecule has 0 amide bonds. The number of anilines is 1. The Morgan fingerprint density at radius 3 is 2.69 bits per heavy atom. The van der Waals surface area contributed by atoms with Crippen molar-refractivity contribution in [2.45, 2.75) is 76.3 Å². The molecule has 5 fully saturated rings. The molecule has 4 aliphatic carbocycles. The molecule has 6 atom stereocenters. The fourth-order valence-electron chi connectivity index (χ4n) is 10.2. The Labute approximate surface area is 209 Å². The van der Waals surface area contributed by atoms with Crippen molar-refractivity contribution in [3.05, 3.63) is 46.8 Å². The van der Waals surface area contributed by atoms with Gasteiger partial charge in [0.15, 0.2) is 0 Å². The van der Waals surface area contributed by atoms with Crippen molar-refractivity contribution in [2.24, 2.45) is 23.2 Å². The van der Waals surface area contributed by atoms with Crippen LogP contribution in [0.25, 0.3) is 0 Å². The van der Waals surface area contributed by atoms with Gasteiger partial charge in [0.25, 0.3) is 0 Å². The second-order valence-electron chi connectivity index (χ2n) is 12.7. The number of fused-ring (bicyclic) bond motifs is 1. The average Bonchev–Trinajstić information content (AvgIpc) is 3.53. The maximum absolute atomic E-state index is 6.15. The number of piperidine rings is 1. The van der Waals surface area contributed by atoms with Crippen molar-refractivity contribution in [3.63, 3.8) is 0 Å². The zero-order chi connectivity index (χ0) is 23.5. The van der Waals surface area contributed by atoms with E-state index < -0.39 is 0 Å². The summed E-state index contributed by atoms with van der Waals surface area (Å²) in [6.45, 7) is 7.95. The van der Waals surface area contributed by atoms with Gasteiger partial charge in [-0.3, -0.25) is 4.90 Å². The van der Waals surface area contributed by atoms with E-state index in [9.17, 15) is 0 Å². The van der Waals surface area contributed by atoms with E-state index in [1.165, 1.54) is 58.0 Å². The first kappa shape index (κ1) is 21.0. The molecule has 2 saturated heterocycles. The molecule has 0 radical (unpaired) electrons. The summed E-state index contributed by atoms with van der Waals surface area (Å²) in [5, 5.41) is 0. The van der Waals surface area contributed by atoms with E-state index in [0.717, 1.165) is 41.5 Å². The molecule has 1 aromatic heterocycles. The third kappa shape index (κ3) is 2.58. The largest absolute Gasteiger partial charge is 0.496 e. The average molecular weight is 471 g/mol. The van der Waals surface area contributed by atoms with E-state index in [1.807, 2.05) is 7.11 Å². The first-order chi connectivity index (χ1) is 17.0. The van der Waals surface area contributed by atoms with Gasteiger partial charge in [-0.2, -0.15) is 0 Å². The molecule has 1 aromatic carbocycles. The second-order valence-corrected chi connectivity index (χ2v) is 12.7.